The van der Waals surface area contributed by atoms with Crippen LogP contribution in [-0.4, -0.2) is 38.0 Å². The van der Waals surface area contributed by atoms with Crippen molar-refractivity contribution in [3.63, 3.8) is 0 Å². The summed E-state index contributed by atoms with van der Waals surface area (Å²) < 4.78 is 0. The first-order valence-electron chi connectivity index (χ1n) is 6.85. The third-order valence-electron chi connectivity index (χ3n) is 3.35. The summed E-state index contributed by atoms with van der Waals surface area (Å²) in [4.78, 5) is 33.7. The molecule has 0 fully saturated rings. The summed E-state index contributed by atoms with van der Waals surface area (Å²) >= 11 is 0. The second kappa shape index (κ2) is 6.51. The molecule has 0 spiro atoms. The predicted molar refractivity (Wildman–Crippen MR) is 82.3 cm³/mol. The number of carboxylic acid groups (broad SMARTS) is 1. The lowest BCUT2D eigenvalue weighted by Crippen LogP contribution is -2.21. The summed E-state index contributed by atoms with van der Waals surface area (Å²) in [5.74, 6) is -2.57. The third-order valence-corrected chi connectivity index (χ3v) is 3.35. The fourth-order valence-electron chi connectivity index (χ4n) is 2.43. The molecule has 7 nitrogen and oxygen atoms in total. The molecule has 124 valence electrons. The second-order valence-electron chi connectivity index (χ2n) is 5.07. The minimum Gasteiger partial charge on any atom is -0.507 e. The maximum atomic E-state index is 12.4. The fraction of sp³-hybridized carbons (Fsp3) is 0.118. The van der Waals surface area contributed by atoms with Crippen LogP contribution in [0.3, 0.4) is 0 Å². The Balaban J connectivity index is 0.000000471. The Hall–Kier alpha value is -3.19. The highest BCUT2D eigenvalue weighted by Crippen LogP contribution is 2.37. The molecule has 0 aromatic heterocycles. The number of carbonyl (C=O) groups excluding carboxylic acids is 2. The van der Waals surface area contributed by atoms with E-state index in [0.717, 1.165) is 6.92 Å². The summed E-state index contributed by atoms with van der Waals surface area (Å²) in [6.07, 6.45) is 0. The zero-order valence-electron chi connectivity index (χ0n) is 12.6. The van der Waals surface area contributed by atoms with E-state index in [0.29, 0.717) is 5.56 Å². The van der Waals surface area contributed by atoms with E-state index in [-0.39, 0.29) is 40.4 Å². The van der Waals surface area contributed by atoms with Gasteiger partial charge in [0.05, 0.1) is 17.7 Å². The summed E-state index contributed by atoms with van der Waals surface area (Å²) in [7, 11) is 0. The molecular formula is C17H14O7. The van der Waals surface area contributed by atoms with Crippen LogP contribution in [0.15, 0.2) is 30.3 Å². The van der Waals surface area contributed by atoms with Crippen LogP contribution in [0, 0.1) is 0 Å². The molecule has 1 aliphatic carbocycles. The van der Waals surface area contributed by atoms with Gasteiger partial charge in [0.25, 0.3) is 5.97 Å². The maximum Gasteiger partial charge on any atom is 0.300 e. The van der Waals surface area contributed by atoms with Crippen molar-refractivity contribution in [1.29, 1.82) is 0 Å². The number of aliphatic hydroxyl groups is 1. The quantitative estimate of drug-likeness (QED) is 0.531. The molecule has 24 heavy (non-hydrogen) atoms. The average molecular weight is 330 g/mol. The zero-order chi connectivity index (χ0) is 18.0. The van der Waals surface area contributed by atoms with Crippen LogP contribution < -0.4 is 0 Å². The van der Waals surface area contributed by atoms with Crippen molar-refractivity contribution < 1.29 is 34.8 Å². The number of carbonyl (C=O) groups is 3. The highest BCUT2D eigenvalue weighted by Gasteiger charge is 2.34. The van der Waals surface area contributed by atoms with Crippen LogP contribution >= 0.6 is 0 Å². The van der Waals surface area contributed by atoms with Crippen molar-refractivity contribution in [3.8, 4) is 11.5 Å². The molecule has 3 rings (SSSR count). The van der Waals surface area contributed by atoms with Gasteiger partial charge in [-0.1, -0.05) is 12.1 Å². The molecule has 0 amide bonds. The molecular weight excluding hydrogens is 316 g/mol. The molecule has 2 aromatic rings. The van der Waals surface area contributed by atoms with Crippen molar-refractivity contribution in [2.24, 2.45) is 0 Å². The lowest BCUT2D eigenvalue weighted by atomic mass is 9.82. The fourth-order valence-corrected chi connectivity index (χ4v) is 2.43. The van der Waals surface area contributed by atoms with Gasteiger partial charge in [0.15, 0.2) is 5.78 Å². The highest BCUT2D eigenvalue weighted by molar-refractivity contribution is 6.30. The van der Waals surface area contributed by atoms with E-state index in [9.17, 15) is 19.8 Å². The van der Waals surface area contributed by atoms with Crippen molar-refractivity contribution in [2.75, 3.05) is 0 Å². The zero-order valence-corrected chi connectivity index (χ0v) is 12.6. The standard InChI is InChI=1S/C15H10O5.C2H4O2/c16-6-7-4-9-13(11(18)5-7)15(20)12-8(14(9)19)2-1-3-10(12)17;1-2(3)4/h1-5,16-18H,6H2;1H3,(H,3,4). The van der Waals surface area contributed by atoms with Gasteiger partial charge < -0.3 is 20.4 Å². The minimum atomic E-state index is -0.833. The van der Waals surface area contributed by atoms with Gasteiger partial charge in [-0.05, 0) is 23.8 Å². The Bertz CT molecular complexity index is 848. The van der Waals surface area contributed by atoms with E-state index in [2.05, 4.69) is 0 Å². The molecule has 1 aliphatic rings. The first-order valence-corrected chi connectivity index (χ1v) is 6.85. The van der Waals surface area contributed by atoms with E-state index in [1.165, 1.54) is 30.3 Å². The lowest BCUT2D eigenvalue weighted by molar-refractivity contribution is -0.134. The Kier molecular flexibility index (Phi) is 4.66. The third kappa shape index (κ3) is 2.97. The largest absolute Gasteiger partial charge is 0.507 e. The predicted octanol–water partition coefficient (Wildman–Crippen LogP) is 1.46. The summed E-state index contributed by atoms with van der Waals surface area (Å²) in [6, 6.07) is 6.84. The molecule has 2 aromatic carbocycles. The summed E-state index contributed by atoms with van der Waals surface area (Å²) in [5.41, 5.74) is 0.235. The van der Waals surface area contributed by atoms with Gasteiger partial charge in [-0.15, -0.1) is 0 Å². The van der Waals surface area contributed by atoms with E-state index in [4.69, 9.17) is 15.0 Å². The number of phenols is 2. The van der Waals surface area contributed by atoms with Gasteiger partial charge in [-0.3, -0.25) is 14.4 Å². The maximum absolute atomic E-state index is 12.4. The summed E-state index contributed by atoms with van der Waals surface area (Å²) in [5, 5.41) is 36.2. The highest BCUT2D eigenvalue weighted by atomic mass is 16.4. The van der Waals surface area contributed by atoms with E-state index >= 15 is 0 Å². The van der Waals surface area contributed by atoms with Crippen molar-refractivity contribution in [2.45, 2.75) is 13.5 Å². The van der Waals surface area contributed by atoms with Crippen LogP contribution in [0.1, 0.15) is 44.3 Å². The number of benzene rings is 2. The molecule has 0 aliphatic heterocycles. The molecule has 0 saturated carbocycles. The molecule has 7 heteroatoms. The van der Waals surface area contributed by atoms with Crippen LogP contribution in [0.5, 0.6) is 11.5 Å². The average Bonchev–Trinajstić information content (AvgIpc) is 2.51. The molecule has 0 heterocycles. The number of aliphatic hydroxyl groups excluding tert-OH is 1. The number of carboxylic acids is 1. The number of aliphatic carboxylic acids is 1. The van der Waals surface area contributed by atoms with Gasteiger partial charge >= 0.3 is 0 Å². The number of rotatable bonds is 1. The molecule has 0 unspecified atom stereocenters. The number of hydrogen-bond acceptors (Lipinski definition) is 6. The smallest absolute Gasteiger partial charge is 0.300 e. The number of hydrogen-bond donors (Lipinski definition) is 4. The van der Waals surface area contributed by atoms with Crippen molar-refractivity contribution in [3.05, 3.63) is 58.1 Å². The van der Waals surface area contributed by atoms with Gasteiger partial charge in [0.2, 0.25) is 5.78 Å². The van der Waals surface area contributed by atoms with E-state index in [1.54, 1.807) is 0 Å². The van der Waals surface area contributed by atoms with Crippen molar-refractivity contribution in [1.82, 2.24) is 0 Å². The Morgan fingerprint density at radius 1 is 0.958 bits per heavy atom. The lowest BCUT2D eigenvalue weighted by Gasteiger charge is -2.19. The Morgan fingerprint density at radius 2 is 1.54 bits per heavy atom. The number of phenolic OH excluding ortho intramolecular Hbond substituents is 2. The molecule has 0 atom stereocenters. The Morgan fingerprint density at radius 3 is 2.12 bits per heavy atom. The molecule has 4 N–H and O–H groups in total. The number of aromatic hydroxyl groups is 2. The topological polar surface area (TPSA) is 132 Å². The van der Waals surface area contributed by atoms with E-state index in [1.807, 2.05) is 0 Å². The SMILES string of the molecule is CC(=O)O.O=C1c2cccc(O)c2C(=O)c2c(O)cc(CO)cc21. The molecule has 0 bridgehead atoms. The summed E-state index contributed by atoms with van der Waals surface area (Å²) in [6.45, 7) is 0.731. The first kappa shape index (κ1) is 17.2. The van der Waals surface area contributed by atoms with Gasteiger partial charge in [-0.25, -0.2) is 0 Å². The van der Waals surface area contributed by atoms with E-state index < -0.39 is 17.5 Å². The first-order chi connectivity index (χ1) is 11.3. The normalized spacial score (nSPS) is 11.9. The minimum absolute atomic E-state index is 0.0390. The van der Waals surface area contributed by atoms with Gasteiger partial charge in [0, 0.05) is 18.1 Å². The van der Waals surface area contributed by atoms with Gasteiger partial charge in [-0.2, -0.15) is 0 Å². The van der Waals surface area contributed by atoms with Crippen LogP contribution in [0.4, 0.5) is 0 Å². The molecule has 0 saturated heterocycles. The molecule has 0 radical (unpaired) electrons. The van der Waals surface area contributed by atoms with Crippen LogP contribution in [-0.2, 0) is 11.4 Å². The second-order valence-corrected chi connectivity index (χ2v) is 5.07. The van der Waals surface area contributed by atoms with Crippen LogP contribution in [0.25, 0.3) is 0 Å². The van der Waals surface area contributed by atoms with Crippen molar-refractivity contribution >= 4 is 17.5 Å². The van der Waals surface area contributed by atoms with Gasteiger partial charge in [0.1, 0.15) is 11.5 Å². The Labute approximate surface area is 136 Å². The van der Waals surface area contributed by atoms with Crippen LogP contribution in [0.2, 0.25) is 0 Å². The number of fused-ring (bicyclic) bond motifs is 2. The monoisotopic (exact) mass is 330 g/mol. The number of ketones is 2.